The Morgan fingerprint density at radius 3 is 1.17 bits per heavy atom. The molecule has 0 amide bonds. The second-order valence-electron chi connectivity index (χ2n) is 7.78. The molecule has 0 N–H and O–H groups in total. The largest absolute Gasteiger partial charge is 0.0997 e. The van der Waals surface area contributed by atoms with E-state index in [-0.39, 0.29) is 15.8 Å². The van der Waals surface area contributed by atoms with Crippen molar-refractivity contribution in [2.45, 2.75) is 117 Å². The molecule has 0 saturated carbocycles. The van der Waals surface area contributed by atoms with Crippen molar-refractivity contribution in [1.82, 2.24) is 0 Å². The normalized spacial score (nSPS) is 14.6. The molecule has 140 valence electrons. The van der Waals surface area contributed by atoms with Crippen molar-refractivity contribution >= 4 is 15.8 Å². The Bertz CT molecular complexity index is 214. The van der Waals surface area contributed by atoms with Gasteiger partial charge in [0.2, 0.25) is 0 Å². The van der Waals surface area contributed by atoms with Gasteiger partial charge >= 0.3 is 0 Å². The van der Waals surface area contributed by atoms with Crippen molar-refractivity contribution < 1.29 is 0 Å². The van der Waals surface area contributed by atoms with E-state index >= 15 is 0 Å². The first-order valence-corrected chi connectivity index (χ1v) is 14.1. The van der Waals surface area contributed by atoms with E-state index in [9.17, 15) is 0 Å². The van der Waals surface area contributed by atoms with Crippen LogP contribution in [-0.2, 0) is 0 Å². The summed E-state index contributed by atoms with van der Waals surface area (Å²) in [4.78, 5) is 0. The van der Waals surface area contributed by atoms with Crippen molar-refractivity contribution in [2.75, 3.05) is 18.2 Å². The topological polar surface area (TPSA) is 0 Å². The van der Waals surface area contributed by atoms with Crippen LogP contribution in [0.5, 0.6) is 0 Å². The van der Waals surface area contributed by atoms with E-state index < -0.39 is 0 Å². The molecule has 0 aromatic heterocycles. The first-order chi connectivity index (χ1) is 11.0. The Labute approximate surface area is 151 Å². The smallest absolute Gasteiger partial charge is 0.0116 e. The molecule has 0 radical (unpaired) electrons. The van der Waals surface area contributed by atoms with Crippen LogP contribution in [0.4, 0.5) is 0 Å². The molecule has 0 saturated heterocycles. The highest BCUT2D eigenvalue weighted by Crippen LogP contribution is 2.56. The second-order valence-corrected chi connectivity index (χ2v) is 14.2. The summed E-state index contributed by atoms with van der Waals surface area (Å²) < 4.78 is 0. The standard InChI is InChI=1S/C21H46P2/c1-7-9-11-13-15-17-22(20(3)4)19-23(21(5)6)18-16-14-12-10-8-2/h20-21H,7-19H2,1-6H3. The van der Waals surface area contributed by atoms with Gasteiger partial charge in [0.25, 0.3) is 0 Å². The summed E-state index contributed by atoms with van der Waals surface area (Å²) >= 11 is 0. The molecule has 0 bridgehead atoms. The number of hydrogen-bond donors (Lipinski definition) is 0. The van der Waals surface area contributed by atoms with E-state index in [1.54, 1.807) is 18.2 Å². The fourth-order valence-corrected chi connectivity index (χ4v) is 11.0. The molecule has 0 aliphatic rings. The van der Waals surface area contributed by atoms with Crippen LogP contribution in [0.1, 0.15) is 106 Å². The Hall–Kier alpha value is 0.860. The monoisotopic (exact) mass is 360 g/mol. The summed E-state index contributed by atoms with van der Waals surface area (Å²) in [6, 6.07) is 0. The molecule has 0 fully saturated rings. The van der Waals surface area contributed by atoms with Gasteiger partial charge in [0.15, 0.2) is 0 Å². The Morgan fingerprint density at radius 1 is 0.522 bits per heavy atom. The van der Waals surface area contributed by atoms with Crippen molar-refractivity contribution in [3.05, 3.63) is 0 Å². The molecular weight excluding hydrogens is 314 g/mol. The number of unbranched alkanes of at least 4 members (excludes halogenated alkanes) is 8. The van der Waals surface area contributed by atoms with Gasteiger partial charge in [-0.2, -0.15) is 0 Å². The average molecular weight is 361 g/mol. The molecule has 0 spiro atoms. The highest BCUT2D eigenvalue weighted by Gasteiger charge is 2.20. The minimum Gasteiger partial charge on any atom is -0.0997 e. The van der Waals surface area contributed by atoms with Crippen LogP contribution < -0.4 is 0 Å². The Morgan fingerprint density at radius 2 is 0.870 bits per heavy atom. The number of hydrogen-bond acceptors (Lipinski definition) is 0. The van der Waals surface area contributed by atoms with Gasteiger partial charge in [0.05, 0.1) is 0 Å². The van der Waals surface area contributed by atoms with Crippen LogP contribution in [0.25, 0.3) is 0 Å². The first-order valence-electron chi connectivity index (χ1n) is 10.5. The third-order valence-corrected chi connectivity index (χ3v) is 12.5. The predicted octanol–water partition coefficient (Wildman–Crippen LogP) is 8.67. The summed E-state index contributed by atoms with van der Waals surface area (Å²) in [5.41, 5.74) is 1.89. The van der Waals surface area contributed by atoms with Crippen LogP contribution in [0.3, 0.4) is 0 Å². The van der Waals surface area contributed by atoms with Crippen molar-refractivity contribution in [2.24, 2.45) is 0 Å². The third kappa shape index (κ3) is 13.8. The molecule has 0 aromatic carbocycles. The van der Waals surface area contributed by atoms with E-state index in [0.29, 0.717) is 0 Å². The van der Waals surface area contributed by atoms with Crippen LogP contribution in [-0.4, -0.2) is 29.5 Å². The quantitative estimate of drug-likeness (QED) is 0.191. The van der Waals surface area contributed by atoms with Gasteiger partial charge in [-0.3, -0.25) is 0 Å². The van der Waals surface area contributed by atoms with Crippen molar-refractivity contribution in [3.63, 3.8) is 0 Å². The maximum absolute atomic E-state index is 2.49. The first kappa shape index (κ1) is 23.9. The van der Waals surface area contributed by atoms with Gasteiger partial charge in [-0.1, -0.05) is 109 Å². The lowest BCUT2D eigenvalue weighted by atomic mass is 10.2. The van der Waals surface area contributed by atoms with Gasteiger partial charge in [0.1, 0.15) is 0 Å². The SMILES string of the molecule is CCCCCCCP(CP(CCCCCCC)C(C)C)C(C)C. The van der Waals surface area contributed by atoms with Crippen LogP contribution in [0, 0.1) is 0 Å². The highest BCUT2D eigenvalue weighted by molar-refractivity contribution is 7.75. The third-order valence-electron chi connectivity index (χ3n) is 4.92. The molecule has 0 rings (SSSR count). The maximum atomic E-state index is 2.49. The summed E-state index contributed by atoms with van der Waals surface area (Å²) in [5.74, 6) is 1.61. The van der Waals surface area contributed by atoms with Crippen molar-refractivity contribution in [1.29, 1.82) is 0 Å². The summed E-state index contributed by atoms with van der Waals surface area (Å²) in [7, 11) is 0.578. The molecule has 2 unspecified atom stereocenters. The molecule has 0 nitrogen and oxygen atoms in total. The number of rotatable bonds is 16. The lowest BCUT2D eigenvalue weighted by Crippen LogP contribution is -2.07. The molecule has 0 aliphatic heterocycles. The van der Waals surface area contributed by atoms with Gasteiger partial charge in [0, 0.05) is 0 Å². The average Bonchev–Trinajstić information content (AvgIpc) is 2.51. The van der Waals surface area contributed by atoms with E-state index in [4.69, 9.17) is 0 Å². The lowest BCUT2D eigenvalue weighted by Gasteiger charge is -2.30. The van der Waals surface area contributed by atoms with Gasteiger partial charge in [-0.05, 0) is 42.4 Å². The van der Waals surface area contributed by atoms with Crippen LogP contribution in [0.15, 0.2) is 0 Å². The molecule has 23 heavy (non-hydrogen) atoms. The second kappa shape index (κ2) is 16.3. The fraction of sp³-hybridized carbons (Fsp3) is 1.00. The zero-order valence-electron chi connectivity index (χ0n) is 17.2. The molecule has 0 aliphatic carbocycles. The van der Waals surface area contributed by atoms with E-state index in [1.165, 1.54) is 64.2 Å². The zero-order valence-corrected chi connectivity index (χ0v) is 19.0. The van der Waals surface area contributed by atoms with E-state index in [0.717, 1.165) is 11.3 Å². The van der Waals surface area contributed by atoms with Crippen molar-refractivity contribution in [3.8, 4) is 0 Å². The highest BCUT2D eigenvalue weighted by atomic mass is 31.2. The minimum atomic E-state index is 0.289. The summed E-state index contributed by atoms with van der Waals surface area (Å²) in [5, 5.41) is 0. The molecule has 0 aromatic rings. The van der Waals surface area contributed by atoms with Gasteiger partial charge in [-0.15, -0.1) is 0 Å². The predicted molar refractivity (Wildman–Crippen MR) is 116 cm³/mol. The van der Waals surface area contributed by atoms with Gasteiger partial charge < -0.3 is 0 Å². The van der Waals surface area contributed by atoms with E-state index in [1.807, 2.05) is 0 Å². The fourth-order valence-electron chi connectivity index (χ4n) is 3.05. The Kier molecular flexibility index (Phi) is 16.9. The molecule has 2 atom stereocenters. The van der Waals surface area contributed by atoms with Gasteiger partial charge in [-0.25, -0.2) is 0 Å². The van der Waals surface area contributed by atoms with Crippen LogP contribution in [0.2, 0.25) is 0 Å². The Balaban J connectivity index is 4.14. The minimum absolute atomic E-state index is 0.289. The maximum Gasteiger partial charge on any atom is -0.0116 e. The van der Waals surface area contributed by atoms with E-state index in [2.05, 4.69) is 41.5 Å². The molecule has 2 heteroatoms. The zero-order chi connectivity index (χ0) is 17.5. The lowest BCUT2D eigenvalue weighted by molar-refractivity contribution is 0.657. The van der Waals surface area contributed by atoms with Crippen LogP contribution >= 0.6 is 15.8 Å². The molecule has 0 heterocycles. The summed E-state index contributed by atoms with van der Waals surface area (Å²) in [6.45, 7) is 14.6. The summed E-state index contributed by atoms with van der Waals surface area (Å²) in [6.07, 6.45) is 17.6. The molecular formula is C21H46P2.